The van der Waals surface area contributed by atoms with Crippen LogP contribution < -0.4 is 40.9 Å². The number of nitrogens with zero attached hydrogens (tertiary/aromatic N) is 4. The number of rotatable bonds is 15. The topological polar surface area (TPSA) is 186 Å². The minimum Gasteiger partial charge on any atom is -0.494 e. The number of para-hydroxylation sites is 1. The number of anilines is 5. The number of halogens is 1. The fourth-order valence-corrected chi connectivity index (χ4v) is 8.67. The molecule has 3 aliphatic rings. The number of imide groups is 1. The molecule has 4 aromatic rings. The number of aromatic nitrogens is 2. The number of carbonyl (C=O) groups is 3. The van der Waals surface area contributed by atoms with E-state index < -0.39 is 19.5 Å². The summed E-state index contributed by atoms with van der Waals surface area (Å²) in [6.45, 7) is 3.00. The number of ether oxygens (including phenoxy) is 2. The summed E-state index contributed by atoms with van der Waals surface area (Å²) in [7, 11) is 0.685. The predicted octanol–water partition coefficient (Wildman–Crippen LogP) is 5.14. The van der Waals surface area contributed by atoms with Crippen LogP contribution in [0.5, 0.6) is 11.5 Å². The predicted molar refractivity (Wildman–Crippen MR) is 216 cm³/mol. The minimum atomic E-state index is -3.57. The van der Waals surface area contributed by atoms with E-state index in [4.69, 9.17) is 30.1 Å². The smallest absolute Gasteiger partial charge is 0.362 e. The molecule has 57 heavy (non-hydrogen) atoms. The molecule has 7 rings (SSSR count). The largest absolute Gasteiger partial charge is 0.494 e. The van der Waals surface area contributed by atoms with Crippen molar-refractivity contribution in [2.45, 2.75) is 44.3 Å². The number of nitrogens with one attached hydrogen (secondary N) is 4. The van der Waals surface area contributed by atoms with E-state index in [0.717, 1.165) is 37.2 Å². The van der Waals surface area contributed by atoms with Crippen LogP contribution in [0.15, 0.2) is 66.9 Å². The van der Waals surface area contributed by atoms with Gasteiger partial charge in [0.05, 0.1) is 36.5 Å². The van der Waals surface area contributed by atoms with E-state index in [0.29, 0.717) is 59.4 Å². The van der Waals surface area contributed by atoms with Crippen molar-refractivity contribution in [3.05, 3.63) is 83.0 Å². The summed E-state index contributed by atoms with van der Waals surface area (Å²) < 4.78 is 35.5. The Labute approximate surface area is 335 Å². The highest BCUT2D eigenvalue weighted by Crippen LogP contribution is 2.47. The number of carbonyl (C=O) groups excluding carboxylic acids is 3. The fourth-order valence-electron chi connectivity index (χ4n) is 7.29. The van der Waals surface area contributed by atoms with Crippen LogP contribution in [-0.2, 0) is 29.7 Å². The van der Waals surface area contributed by atoms with Gasteiger partial charge in [-0.05, 0) is 55.7 Å². The van der Waals surface area contributed by atoms with E-state index in [1.165, 1.54) is 25.3 Å². The molecule has 18 heteroatoms. The molecule has 1 atom stereocenters. The van der Waals surface area contributed by atoms with E-state index in [-0.39, 0.29) is 41.6 Å². The number of methoxy groups -OCH3 is 1. The number of hydrogen-bond acceptors (Lipinski definition) is 14. The molecule has 300 valence electrons. The van der Waals surface area contributed by atoms with E-state index in [2.05, 4.69) is 36.1 Å². The molecule has 16 nitrogen and oxygen atoms in total. The third-order valence-electron chi connectivity index (χ3n) is 10.3. The molecule has 0 aliphatic carbocycles. The summed E-state index contributed by atoms with van der Waals surface area (Å²) in [6.07, 6.45) is 3.85. The fraction of sp³-hybridized carbons (Fsp3) is 0.359. The average molecular weight is 819 g/mol. The van der Waals surface area contributed by atoms with Crippen molar-refractivity contribution < 1.29 is 37.5 Å². The van der Waals surface area contributed by atoms with Gasteiger partial charge in [0.1, 0.15) is 29.2 Å². The SMILES string of the molecule is COc1cc(N2CCC(NCCOc3cccc4c3CN(C3CCC(=O)NC3=O)C4=O)CC2)ccc1Nc1ncc(Cl)c(Nc2ccccc2P(=O)(OC)OC)n1. The van der Waals surface area contributed by atoms with Gasteiger partial charge >= 0.3 is 7.60 Å². The Balaban J connectivity index is 0.908. The van der Waals surface area contributed by atoms with Crippen molar-refractivity contribution in [2.75, 3.05) is 63.1 Å². The summed E-state index contributed by atoms with van der Waals surface area (Å²) in [4.78, 5) is 50.0. The third-order valence-corrected chi connectivity index (χ3v) is 12.5. The van der Waals surface area contributed by atoms with E-state index in [1.54, 1.807) is 43.5 Å². The molecule has 4 N–H and O–H groups in total. The molecule has 3 aromatic carbocycles. The Morgan fingerprint density at radius 1 is 0.930 bits per heavy atom. The summed E-state index contributed by atoms with van der Waals surface area (Å²) in [5.41, 5.74) is 3.43. The lowest BCUT2D eigenvalue weighted by atomic mass is 10.0. The number of piperidine rings is 2. The van der Waals surface area contributed by atoms with E-state index >= 15 is 0 Å². The average Bonchev–Trinajstić information content (AvgIpc) is 3.57. The lowest BCUT2D eigenvalue weighted by Crippen LogP contribution is -2.52. The molecule has 3 aliphatic heterocycles. The summed E-state index contributed by atoms with van der Waals surface area (Å²) in [5.74, 6) is 0.824. The highest BCUT2D eigenvalue weighted by atomic mass is 35.5. The molecular formula is C39H44ClN8O8P. The van der Waals surface area contributed by atoms with Crippen molar-refractivity contribution in [2.24, 2.45) is 0 Å². The van der Waals surface area contributed by atoms with Crippen LogP contribution in [0, 0.1) is 0 Å². The van der Waals surface area contributed by atoms with Gasteiger partial charge in [0.2, 0.25) is 17.8 Å². The first-order valence-electron chi connectivity index (χ1n) is 18.5. The minimum absolute atomic E-state index is 0.209. The first-order valence-corrected chi connectivity index (χ1v) is 20.5. The van der Waals surface area contributed by atoms with Gasteiger partial charge in [0, 0.05) is 69.2 Å². The molecule has 2 saturated heterocycles. The maximum absolute atomic E-state index is 13.2. The van der Waals surface area contributed by atoms with Crippen molar-refractivity contribution in [3.8, 4) is 11.5 Å². The van der Waals surface area contributed by atoms with Gasteiger partial charge in [-0.1, -0.05) is 29.8 Å². The molecule has 0 saturated carbocycles. The zero-order valence-electron chi connectivity index (χ0n) is 31.7. The molecule has 0 radical (unpaired) electrons. The maximum atomic E-state index is 13.2. The lowest BCUT2D eigenvalue weighted by Gasteiger charge is -2.34. The highest BCUT2D eigenvalue weighted by molar-refractivity contribution is 7.62. The van der Waals surface area contributed by atoms with Crippen LogP contribution >= 0.6 is 19.2 Å². The molecule has 0 bridgehead atoms. The summed E-state index contributed by atoms with van der Waals surface area (Å²) in [5, 5.41) is 12.9. The number of fused-ring (bicyclic) bond motifs is 1. The second-order valence-corrected chi connectivity index (χ2v) is 16.3. The number of hydrogen-bond donors (Lipinski definition) is 4. The molecule has 2 fully saturated rings. The normalized spacial score (nSPS) is 17.3. The Morgan fingerprint density at radius 2 is 1.72 bits per heavy atom. The van der Waals surface area contributed by atoms with Gasteiger partial charge in [-0.3, -0.25) is 24.3 Å². The van der Waals surface area contributed by atoms with Gasteiger partial charge in [0.25, 0.3) is 5.91 Å². The van der Waals surface area contributed by atoms with Crippen molar-refractivity contribution in [3.63, 3.8) is 0 Å². The zero-order valence-corrected chi connectivity index (χ0v) is 33.4. The van der Waals surface area contributed by atoms with Crippen molar-refractivity contribution in [1.29, 1.82) is 0 Å². The van der Waals surface area contributed by atoms with Crippen molar-refractivity contribution in [1.82, 2.24) is 25.5 Å². The molecule has 1 aromatic heterocycles. The monoisotopic (exact) mass is 818 g/mol. The molecular weight excluding hydrogens is 775 g/mol. The summed E-state index contributed by atoms with van der Waals surface area (Å²) >= 11 is 6.46. The standard InChI is InChI=1S/C39H44ClN8O8P/c1-53-33-21-25(11-12-29(33)44-39-42-22-28(40)36(46-39)43-30-8-4-5-10-34(30)57(52,54-2)55-3)47-18-15-24(16-19-47)41-17-20-56-32-9-6-7-26-27(32)23-48(38(26)51)31-13-14-35(49)45-37(31)50/h4-12,21-22,24,31,41H,13-20,23H2,1-3H3,(H,45,49,50)(H2,42,43,44,46). The van der Waals surface area contributed by atoms with Gasteiger partial charge in [-0.25, -0.2) is 4.98 Å². The van der Waals surface area contributed by atoms with Crippen LogP contribution in [0.4, 0.5) is 28.8 Å². The molecule has 1 unspecified atom stereocenters. The molecule has 0 spiro atoms. The second kappa shape index (κ2) is 17.5. The van der Waals surface area contributed by atoms with Crippen LogP contribution in [0.1, 0.15) is 41.6 Å². The third kappa shape index (κ3) is 8.70. The van der Waals surface area contributed by atoms with E-state index in [1.807, 2.05) is 24.3 Å². The Kier molecular flexibility index (Phi) is 12.3. The van der Waals surface area contributed by atoms with Crippen molar-refractivity contribution >= 4 is 71.1 Å². The quantitative estimate of drug-likeness (QED) is 0.0703. The van der Waals surface area contributed by atoms with Gasteiger partial charge in [0.15, 0.2) is 5.82 Å². The maximum Gasteiger partial charge on any atom is 0.362 e. The first kappa shape index (κ1) is 40.0. The highest BCUT2D eigenvalue weighted by Gasteiger charge is 2.40. The van der Waals surface area contributed by atoms with Gasteiger partial charge in [-0.15, -0.1) is 0 Å². The number of amides is 3. The van der Waals surface area contributed by atoms with Crippen LogP contribution in [0.25, 0.3) is 0 Å². The van der Waals surface area contributed by atoms with Crippen LogP contribution in [0.3, 0.4) is 0 Å². The van der Waals surface area contributed by atoms with Crippen LogP contribution in [-0.4, -0.2) is 92.2 Å². The summed E-state index contributed by atoms with van der Waals surface area (Å²) in [6, 6.07) is 17.8. The van der Waals surface area contributed by atoms with Gasteiger partial charge < -0.3 is 44.3 Å². The Morgan fingerprint density at radius 3 is 2.47 bits per heavy atom. The lowest BCUT2D eigenvalue weighted by molar-refractivity contribution is -0.136. The number of benzene rings is 3. The zero-order chi connectivity index (χ0) is 40.1. The first-order chi connectivity index (χ1) is 27.6. The Bertz CT molecular complexity index is 2200. The van der Waals surface area contributed by atoms with E-state index in [9.17, 15) is 18.9 Å². The molecule has 4 heterocycles. The van der Waals surface area contributed by atoms with Gasteiger partial charge in [-0.2, -0.15) is 4.98 Å². The molecule has 3 amide bonds. The Hall–Kier alpha value is -5.25. The van der Waals surface area contributed by atoms with Crippen LogP contribution in [0.2, 0.25) is 5.02 Å². The second-order valence-electron chi connectivity index (χ2n) is 13.7.